The lowest BCUT2D eigenvalue weighted by Gasteiger charge is -2.18. The van der Waals surface area contributed by atoms with Crippen molar-refractivity contribution in [1.29, 1.82) is 0 Å². The standard InChI is InChI=1S/C17H21FN2O/c1-12(2)14-7-9-20(11-14)17(21)15-10-13(4-3-8-19)5-6-16(15)18/h5-6,10,12,14H,7-9,11,19H2,1-2H3. The molecule has 0 aliphatic carbocycles. The Morgan fingerprint density at radius 3 is 2.90 bits per heavy atom. The van der Waals surface area contributed by atoms with Crippen LogP contribution in [-0.2, 0) is 0 Å². The van der Waals surface area contributed by atoms with Gasteiger partial charge in [0.1, 0.15) is 5.82 Å². The topological polar surface area (TPSA) is 46.3 Å². The van der Waals surface area contributed by atoms with Crippen molar-refractivity contribution in [3.63, 3.8) is 0 Å². The highest BCUT2D eigenvalue weighted by atomic mass is 19.1. The molecular weight excluding hydrogens is 267 g/mol. The fraction of sp³-hybridized carbons (Fsp3) is 0.471. The minimum absolute atomic E-state index is 0.100. The van der Waals surface area contributed by atoms with E-state index in [4.69, 9.17) is 5.73 Å². The van der Waals surface area contributed by atoms with Gasteiger partial charge in [0.2, 0.25) is 0 Å². The Hall–Kier alpha value is -1.86. The molecule has 1 aliphatic rings. The van der Waals surface area contributed by atoms with Crippen LogP contribution < -0.4 is 5.73 Å². The van der Waals surface area contributed by atoms with Crippen molar-refractivity contribution in [3.8, 4) is 11.8 Å². The molecule has 0 spiro atoms. The number of amides is 1. The van der Waals surface area contributed by atoms with Crippen LogP contribution in [0.1, 0.15) is 36.2 Å². The first kappa shape index (κ1) is 15.5. The van der Waals surface area contributed by atoms with Crippen molar-refractivity contribution in [2.75, 3.05) is 19.6 Å². The van der Waals surface area contributed by atoms with E-state index >= 15 is 0 Å². The lowest BCUT2D eigenvalue weighted by Crippen LogP contribution is -2.30. The molecule has 1 aromatic carbocycles. The van der Waals surface area contributed by atoms with Gasteiger partial charge in [-0.2, -0.15) is 0 Å². The molecule has 0 radical (unpaired) electrons. The second-order valence-electron chi connectivity index (χ2n) is 5.74. The number of likely N-dealkylation sites (tertiary alicyclic amines) is 1. The summed E-state index contributed by atoms with van der Waals surface area (Å²) in [5.74, 6) is 5.84. The van der Waals surface area contributed by atoms with Gasteiger partial charge in [-0.05, 0) is 36.5 Å². The monoisotopic (exact) mass is 288 g/mol. The molecule has 2 rings (SSSR count). The molecule has 1 heterocycles. The lowest BCUT2D eigenvalue weighted by atomic mass is 9.95. The Balaban J connectivity index is 2.19. The van der Waals surface area contributed by atoms with E-state index in [9.17, 15) is 9.18 Å². The minimum Gasteiger partial charge on any atom is -0.338 e. The number of rotatable bonds is 2. The molecule has 21 heavy (non-hydrogen) atoms. The van der Waals surface area contributed by atoms with E-state index in [2.05, 4.69) is 25.7 Å². The summed E-state index contributed by atoms with van der Waals surface area (Å²) in [7, 11) is 0. The highest BCUT2D eigenvalue weighted by molar-refractivity contribution is 5.95. The van der Waals surface area contributed by atoms with E-state index in [1.165, 1.54) is 12.1 Å². The second kappa shape index (κ2) is 6.73. The van der Waals surface area contributed by atoms with Crippen molar-refractivity contribution in [1.82, 2.24) is 4.90 Å². The van der Waals surface area contributed by atoms with Gasteiger partial charge in [-0.15, -0.1) is 0 Å². The Morgan fingerprint density at radius 2 is 2.29 bits per heavy atom. The second-order valence-corrected chi connectivity index (χ2v) is 5.74. The van der Waals surface area contributed by atoms with E-state index in [0.29, 0.717) is 30.5 Å². The van der Waals surface area contributed by atoms with Gasteiger partial charge in [0.25, 0.3) is 5.91 Å². The summed E-state index contributed by atoms with van der Waals surface area (Å²) in [6.45, 7) is 5.95. The van der Waals surface area contributed by atoms with E-state index < -0.39 is 5.82 Å². The molecule has 1 fully saturated rings. The maximum absolute atomic E-state index is 13.9. The van der Waals surface area contributed by atoms with Gasteiger partial charge < -0.3 is 10.6 Å². The average molecular weight is 288 g/mol. The Morgan fingerprint density at radius 1 is 1.52 bits per heavy atom. The molecule has 1 saturated heterocycles. The van der Waals surface area contributed by atoms with Crippen molar-refractivity contribution < 1.29 is 9.18 Å². The summed E-state index contributed by atoms with van der Waals surface area (Å²) in [5.41, 5.74) is 6.04. The van der Waals surface area contributed by atoms with Crippen molar-refractivity contribution >= 4 is 5.91 Å². The molecule has 1 unspecified atom stereocenters. The first-order valence-electron chi connectivity index (χ1n) is 7.30. The van der Waals surface area contributed by atoms with Gasteiger partial charge in [0.05, 0.1) is 12.1 Å². The minimum atomic E-state index is -0.494. The largest absolute Gasteiger partial charge is 0.338 e. The highest BCUT2D eigenvalue weighted by Gasteiger charge is 2.29. The van der Waals surface area contributed by atoms with Crippen molar-refractivity contribution in [2.24, 2.45) is 17.6 Å². The third kappa shape index (κ3) is 3.62. The number of carbonyl (C=O) groups is 1. The third-order valence-corrected chi connectivity index (χ3v) is 3.99. The molecule has 3 nitrogen and oxygen atoms in total. The predicted octanol–water partition coefficient (Wildman–Crippen LogP) is 2.25. The molecular formula is C17H21FN2O. The molecule has 112 valence electrons. The highest BCUT2D eigenvalue weighted by Crippen LogP contribution is 2.25. The maximum atomic E-state index is 13.9. The summed E-state index contributed by atoms with van der Waals surface area (Å²) in [4.78, 5) is 14.2. The quantitative estimate of drug-likeness (QED) is 0.849. The predicted molar refractivity (Wildman–Crippen MR) is 81.2 cm³/mol. The average Bonchev–Trinajstić information content (AvgIpc) is 2.95. The molecule has 0 saturated carbocycles. The molecule has 1 atom stereocenters. The van der Waals surface area contributed by atoms with E-state index in [1.54, 1.807) is 11.0 Å². The molecule has 1 aliphatic heterocycles. The Kier molecular flexibility index (Phi) is 4.98. The third-order valence-electron chi connectivity index (χ3n) is 3.99. The lowest BCUT2D eigenvalue weighted by molar-refractivity contribution is 0.0779. The molecule has 4 heteroatoms. The van der Waals surface area contributed by atoms with E-state index in [1.807, 2.05) is 0 Å². The Labute approximate surface area is 125 Å². The van der Waals surface area contributed by atoms with Crippen LogP contribution in [0.15, 0.2) is 18.2 Å². The van der Waals surface area contributed by atoms with Gasteiger partial charge in [-0.1, -0.05) is 25.7 Å². The van der Waals surface area contributed by atoms with Crippen LogP contribution in [0.2, 0.25) is 0 Å². The number of halogens is 1. The van der Waals surface area contributed by atoms with Gasteiger partial charge in [-0.3, -0.25) is 4.79 Å². The van der Waals surface area contributed by atoms with E-state index in [-0.39, 0.29) is 18.0 Å². The van der Waals surface area contributed by atoms with Crippen LogP contribution in [0.25, 0.3) is 0 Å². The fourth-order valence-electron chi connectivity index (χ4n) is 2.61. The number of benzene rings is 1. The Bertz CT molecular complexity index is 586. The van der Waals surface area contributed by atoms with Crippen LogP contribution in [-0.4, -0.2) is 30.4 Å². The van der Waals surface area contributed by atoms with Crippen molar-refractivity contribution in [2.45, 2.75) is 20.3 Å². The van der Waals surface area contributed by atoms with Crippen LogP contribution in [0.3, 0.4) is 0 Å². The number of carbonyl (C=O) groups excluding carboxylic acids is 1. The molecule has 0 aromatic heterocycles. The molecule has 1 aromatic rings. The van der Waals surface area contributed by atoms with Crippen LogP contribution in [0, 0.1) is 29.5 Å². The van der Waals surface area contributed by atoms with E-state index in [0.717, 1.165) is 6.42 Å². The molecule has 0 bridgehead atoms. The van der Waals surface area contributed by atoms with Crippen LogP contribution >= 0.6 is 0 Å². The number of nitrogens with two attached hydrogens (primary N) is 1. The molecule has 1 amide bonds. The van der Waals surface area contributed by atoms with Crippen LogP contribution in [0.5, 0.6) is 0 Å². The van der Waals surface area contributed by atoms with Crippen molar-refractivity contribution in [3.05, 3.63) is 35.1 Å². The zero-order valence-corrected chi connectivity index (χ0v) is 12.5. The number of nitrogens with zero attached hydrogens (tertiary/aromatic N) is 1. The number of hydrogen-bond donors (Lipinski definition) is 1. The zero-order valence-electron chi connectivity index (χ0n) is 12.5. The first-order valence-corrected chi connectivity index (χ1v) is 7.30. The first-order chi connectivity index (χ1) is 10.0. The summed E-state index contributed by atoms with van der Waals surface area (Å²) in [5, 5.41) is 0. The van der Waals surface area contributed by atoms with Gasteiger partial charge in [-0.25, -0.2) is 4.39 Å². The normalized spacial score (nSPS) is 17.8. The zero-order chi connectivity index (χ0) is 15.4. The fourth-order valence-corrected chi connectivity index (χ4v) is 2.61. The van der Waals surface area contributed by atoms with Gasteiger partial charge in [0.15, 0.2) is 0 Å². The summed E-state index contributed by atoms with van der Waals surface area (Å²) in [6.07, 6.45) is 0.984. The smallest absolute Gasteiger partial charge is 0.256 e. The van der Waals surface area contributed by atoms with Crippen LogP contribution in [0.4, 0.5) is 4.39 Å². The summed E-state index contributed by atoms with van der Waals surface area (Å²) < 4.78 is 13.9. The molecule has 2 N–H and O–H groups in total. The van der Waals surface area contributed by atoms with Gasteiger partial charge in [0, 0.05) is 18.7 Å². The maximum Gasteiger partial charge on any atom is 0.256 e. The SMILES string of the molecule is CC(C)C1CCN(C(=O)c2cc(C#CCN)ccc2F)C1. The van der Waals surface area contributed by atoms with Gasteiger partial charge >= 0.3 is 0 Å². The summed E-state index contributed by atoms with van der Waals surface area (Å²) in [6, 6.07) is 4.38. The summed E-state index contributed by atoms with van der Waals surface area (Å²) >= 11 is 0. The number of hydrogen-bond acceptors (Lipinski definition) is 2.